The van der Waals surface area contributed by atoms with Gasteiger partial charge in [-0.2, -0.15) is 0 Å². The van der Waals surface area contributed by atoms with E-state index in [9.17, 15) is 15.0 Å². The highest BCUT2D eigenvalue weighted by molar-refractivity contribution is 5.98. The molecule has 1 amide bonds. The Morgan fingerprint density at radius 1 is 1.39 bits per heavy atom. The first-order valence-corrected chi connectivity index (χ1v) is 9.33. The molecule has 3 atom stereocenters. The Kier molecular flexibility index (Phi) is 5.93. The van der Waals surface area contributed by atoms with Crippen LogP contribution in [-0.2, 0) is 10.4 Å². The molecule has 1 aliphatic rings. The maximum Gasteiger partial charge on any atom is 0.247 e. The molecular weight excluding hydrogens is 360 g/mol. The Morgan fingerprint density at radius 2 is 2.14 bits per heavy atom. The lowest BCUT2D eigenvalue weighted by atomic mass is 9.96. The van der Waals surface area contributed by atoms with Crippen molar-refractivity contribution in [1.82, 2.24) is 15.3 Å². The molecule has 1 aliphatic heterocycles. The molecule has 0 fully saturated rings. The van der Waals surface area contributed by atoms with Gasteiger partial charge in [-0.3, -0.25) is 10.1 Å². The van der Waals surface area contributed by atoms with Crippen molar-refractivity contribution in [1.29, 1.82) is 0 Å². The zero-order chi connectivity index (χ0) is 20.3. The first-order valence-electron chi connectivity index (χ1n) is 9.33. The topological polar surface area (TPSA) is 108 Å². The number of aliphatic hydroxyl groups excluding tert-OH is 1. The minimum absolute atomic E-state index is 0.0600. The molecule has 0 saturated heterocycles. The summed E-state index contributed by atoms with van der Waals surface area (Å²) in [5, 5.41) is 23.9. The molecule has 28 heavy (non-hydrogen) atoms. The second-order valence-corrected chi connectivity index (χ2v) is 7.12. The number of likely N-dealkylation sites (N-methyl/N-ethyl adjacent to an activating group) is 1. The van der Waals surface area contributed by atoms with Gasteiger partial charge in [0.2, 0.25) is 5.91 Å². The fourth-order valence-electron chi connectivity index (χ4n) is 3.26. The number of hydrogen-bond donors (Lipinski definition) is 3. The third kappa shape index (κ3) is 4.14. The average molecular weight is 386 g/mol. The number of benzene rings is 1. The fraction of sp³-hybridized carbons (Fsp3) is 0.450. The first kappa shape index (κ1) is 20.2. The quantitative estimate of drug-likeness (QED) is 0.646. The van der Waals surface area contributed by atoms with Crippen LogP contribution in [0.4, 0.5) is 5.69 Å². The van der Waals surface area contributed by atoms with Gasteiger partial charge in [-0.1, -0.05) is 25.5 Å². The van der Waals surface area contributed by atoms with Crippen LogP contribution in [0.15, 0.2) is 36.5 Å². The Bertz CT molecular complexity index is 842. The number of carbonyl (C=O) groups is 1. The van der Waals surface area contributed by atoms with E-state index in [2.05, 4.69) is 15.3 Å². The van der Waals surface area contributed by atoms with Crippen molar-refractivity contribution in [3.63, 3.8) is 0 Å². The summed E-state index contributed by atoms with van der Waals surface area (Å²) in [6.07, 6.45) is 1.52. The third-order valence-corrected chi connectivity index (χ3v) is 4.83. The molecule has 8 heteroatoms. The number of nitrogens with one attached hydrogen (secondary N) is 1. The van der Waals surface area contributed by atoms with Crippen LogP contribution in [0.1, 0.15) is 44.4 Å². The zero-order valence-electron chi connectivity index (χ0n) is 16.3. The van der Waals surface area contributed by atoms with E-state index < -0.39 is 17.9 Å². The van der Waals surface area contributed by atoms with Crippen LogP contribution in [0.5, 0.6) is 5.75 Å². The summed E-state index contributed by atoms with van der Waals surface area (Å²) in [4.78, 5) is 22.7. The van der Waals surface area contributed by atoms with Crippen molar-refractivity contribution in [3.8, 4) is 5.75 Å². The molecule has 1 aromatic heterocycles. The molecule has 1 aromatic carbocycles. The molecule has 3 rings (SSSR count). The van der Waals surface area contributed by atoms with Crippen LogP contribution < -0.4 is 15.0 Å². The molecule has 0 bridgehead atoms. The number of carbonyl (C=O) groups excluding carboxylic acids is 1. The van der Waals surface area contributed by atoms with E-state index in [1.54, 1.807) is 32.2 Å². The molecule has 0 saturated carbocycles. The van der Waals surface area contributed by atoms with Crippen molar-refractivity contribution >= 4 is 11.6 Å². The lowest BCUT2D eigenvalue weighted by Crippen LogP contribution is -2.48. The summed E-state index contributed by atoms with van der Waals surface area (Å²) in [5.74, 6) is 0.454. The third-order valence-electron chi connectivity index (χ3n) is 4.83. The van der Waals surface area contributed by atoms with E-state index in [0.29, 0.717) is 23.6 Å². The summed E-state index contributed by atoms with van der Waals surface area (Å²) in [7, 11) is 1.66. The van der Waals surface area contributed by atoms with E-state index >= 15 is 0 Å². The van der Waals surface area contributed by atoms with Gasteiger partial charge in [0, 0.05) is 13.2 Å². The van der Waals surface area contributed by atoms with E-state index in [1.807, 2.05) is 19.1 Å². The summed E-state index contributed by atoms with van der Waals surface area (Å²) < 4.78 is 5.73. The van der Waals surface area contributed by atoms with E-state index in [1.165, 1.54) is 11.1 Å². The van der Waals surface area contributed by atoms with Gasteiger partial charge < -0.3 is 19.8 Å². The molecule has 0 aliphatic carbocycles. The lowest BCUT2D eigenvalue weighted by molar-refractivity contribution is -0.121. The molecule has 2 unspecified atom stereocenters. The van der Waals surface area contributed by atoms with Crippen LogP contribution in [-0.4, -0.2) is 45.8 Å². The zero-order valence-corrected chi connectivity index (χ0v) is 16.3. The summed E-state index contributed by atoms with van der Waals surface area (Å²) in [6.45, 7) is 3.71. The average Bonchev–Trinajstić information content (AvgIpc) is 2.80. The van der Waals surface area contributed by atoms with Gasteiger partial charge in [-0.25, -0.2) is 9.97 Å². The number of anilines is 1. The van der Waals surface area contributed by atoms with Gasteiger partial charge in [0.15, 0.2) is 12.1 Å². The van der Waals surface area contributed by atoms with Gasteiger partial charge >= 0.3 is 0 Å². The molecule has 8 nitrogen and oxygen atoms in total. The van der Waals surface area contributed by atoms with Gasteiger partial charge in [0.05, 0.1) is 11.4 Å². The summed E-state index contributed by atoms with van der Waals surface area (Å²) >= 11 is 0. The predicted octanol–water partition coefficient (Wildman–Crippen LogP) is 1.49. The van der Waals surface area contributed by atoms with E-state index in [0.717, 1.165) is 6.42 Å². The van der Waals surface area contributed by atoms with Crippen LogP contribution in [0, 0.1) is 0 Å². The van der Waals surface area contributed by atoms with Gasteiger partial charge in [0.1, 0.15) is 24.0 Å². The lowest BCUT2D eigenvalue weighted by Gasteiger charge is -2.24. The highest BCUT2D eigenvalue weighted by Crippen LogP contribution is 2.30. The van der Waals surface area contributed by atoms with E-state index in [4.69, 9.17) is 4.74 Å². The van der Waals surface area contributed by atoms with E-state index in [-0.39, 0.29) is 18.3 Å². The molecular formula is C20H26N4O4. The van der Waals surface area contributed by atoms with Gasteiger partial charge in [-0.15, -0.1) is 0 Å². The highest BCUT2D eigenvalue weighted by Gasteiger charge is 2.32. The number of amides is 1. The van der Waals surface area contributed by atoms with Crippen LogP contribution >= 0.6 is 0 Å². The largest absolute Gasteiger partial charge is 0.489 e. The monoisotopic (exact) mass is 386 g/mol. The number of ether oxygens (including phenoxy) is 1. The number of fused-ring (bicyclic) bond motifs is 1. The van der Waals surface area contributed by atoms with Crippen molar-refractivity contribution in [2.45, 2.75) is 44.6 Å². The van der Waals surface area contributed by atoms with Gasteiger partial charge in [-0.05, 0) is 31.5 Å². The number of hydrogen-bond acceptors (Lipinski definition) is 7. The normalized spacial score (nSPS) is 20.0. The van der Waals surface area contributed by atoms with Crippen LogP contribution in [0.25, 0.3) is 0 Å². The smallest absolute Gasteiger partial charge is 0.247 e. The Balaban J connectivity index is 1.76. The minimum atomic E-state index is -1.29. The Morgan fingerprint density at radius 3 is 2.89 bits per heavy atom. The van der Waals surface area contributed by atoms with Crippen LogP contribution in [0.3, 0.4) is 0 Å². The molecule has 2 heterocycles. The van der Waals surface area contributed by atoms with Crippen molar-refractivity contribution in [2.24, 2.45) is 0 Å². The molecule has 150 valence electrons. The number of rotatable bonds is 6. The standard InChI is InChI=1S/C20H26N4O4/c1-4-10-20(2,27)16-9-11-21-17(23-16)18(25)22-13-12-28-15-8-6-5-7-14(15)24(3)19(13)26/h5-9,11,13,18,22,25,27H,4,10,12H2,1-3H3/t13-,18?,20?/m0/s1. The highest BCUT2D eigenvalue weighted by atomic mass is 16.5. The van der Waals surface area contributed by atoms with Crippen molar-refractivity contribution in [3.05, 3.63) is 48.0 Å². The minimum Gasteiger partial charge on any atom is -0.489 e. The van der Waals surface area contributed by atoms with Crippen molar-refractivity contribution in [2.75, 3.05) is 18.6 Å². The first-order chi connectivity index (χ1) is 13.3. The number of para-hydroxylation sites is 2. The molecule has 3 N–H and O–H groups in total. The Labute approximate surface area is 164 Å². The second kappa shape index (κ2) is 8.22. The number of aromatic nitrogens is 2. The predicted molar refractivity (Wildman–Crippen MR) is 104 cm³/mol. The van der Waals surface area contributed by atoms with Gasteiger partial charge in [0.25, 0.3) is 0 Å². The Hall–Kier alpha value is -2.55. The number of nitrogens with zero attached hydrogens (tertiary/aromatic N) is 3. The SMILES string of the molecule is CCCC(C)(O)c1ccnc(C(O)N[C@H]2COc3ccccc3N(C)C2=O)n1. The maximum atomic E-state index is 12.8. The maximum absolute atomic E-state index is 12.8. The number of aliphatic hydroxyl groups is 2. The molecule has 2 aromatic rings. The second-order valence-electron chi connectivity index (χ2n) is 7.12. The molecule has 0 radical (unpaired) electrons. The van der Waals surface area contributed by atoms with Crippen molar-refractivity contribution < 1.29 is 19.7 Å². The fourth-order valence-corrected chi connectivity index (χ4v) is 3.26. The summed E-state index contributed by atoms with van der Waals surface area (Å²) in [5.41, 5.74) is -0.0248. The molecule has 0 spiro atoms. The van der Waals surface area contributed by atoms with Crippen LogP contribution in [0.2, 0.25) is 0 Å². The summed E-state index contributed by atoms with van der Waals surface area (Å²) in [6, 6.07) is 8.10.